The van der Waals surface area contributed by atoms with Crippen LogP contribution in [0.15, 0.2) is 0 Å². The summed E-state index contributed by atoms with van der Waals surface area (Å²) in [7, 11) is 0. The predicted octanol–water partition coefficient (Wildman–Crippen LogP) is 2.12. The molecule has 1 fully saturated rings. The molecule has 1 heterocycles. The SMILES string of the molecule is CC.CC(C)C(=O)N1CCNCC1C(C)C. The van der Waals surface area contributed by atoms with Crippen molar-refractivity contribution in [3.05, 3.63) is 0 Å². The van der Waals surface area contributed by atoms with Gasteiger partial charge in [-0.3, -0.25) is 4.79 Å². The summed E-state index contributed by atoms with van der Waals surface area (Å²) in [5.41, 5.74) is 0. The maximum atomic E-state index is 11.9. The largest absolute Gasteiger partial charge is 0.337 e. The molecular weight excluding hydrogens is 200 g/mol. The van der Waals surface area contributed by atoms with Gasteiger partial charge in [0.25, 0.3) is 0 Å². The smallest absolute Gasteiger partial charge is 0.225 e. The Morgan fingerprint density at radius 3 is 2.25 bits per heavy atom. The second-order valence-electron chi connectivity index (χ2n) is 4.70. The molecule has 1 atom stereocenters. The van der Waals surface area contributed by atoms with Gasteiger partial charge in [-0.25, -0.2) is 0 Å². The van der Waals surface area contributed by atoms with E-state index < -0.39 is 0 Å². The molecule has 0 spiro atoms. The Morgan fingerprint density at radius 1 is 1.25 bits per heavy atom. The molecule has 1 unspecified atom stereocenters. The van der Waals surface area contributed by atoms with Gasteiger partial charge in [0, 0.05) is 31.6 Å². The van der Waals surface area contributed by atoms with Crippen molar-refractivity contribution in [1.29, 1.82) is 0 Å². The van der Waals surface area contributed by atoms with Gasteiger partial charge in [0.15, 0.2) is 0 Å². The average Bonchev–Trinajstić information content (AvgIpc) is 2.30. The summed E-state index contributed by atoms with van der Waals surface area (Å²) in [5.74, 6) is 0.949. The lowest BCUT2D eigenvalue weighted by Crippen LogP contribution is -2.56. The van der Waals surface area contributed by atoms with Crippen molar-refractivity contribution < 1.29 is 4.79 Å². The lowest BCUT2D eigenvalue weighted by molar-refractivity contribution is -0.138. The normalized spacial score (nSPS) is 20.8. The van der Waals surface area contributed by atoms with Crippen molar-refractivity contribution in [2.24, 2.45) is 11.8 Å². The van der Waals surface area contributed by atoms with Crippen LogP contribution in [0.2, 0.25) is 0 Å². The van der Waals surface area contributed by atoms with E-state index in [4.69, 9.17) is 0 Å². The minimum Gasteiger partial charge on any atom is -0.337 e. The van der Waals surface area contributed by atoms with E-state index in [9.17, 15) is 4.79 Å². The number of hydrogen-bond acceptors (Lipinski definition) is 2. The highest BCUT2D eigenvalue weighted by atomic mass is 16.2. The van der Waals surface area contributed by atoms with Crippen LogP contribution in [0.3, 0.4) is 0 Å². The maximum Gasteiger partial charge on any atom is 0.225 e. The number of rotatable bonds is 2. The zero-order valence-corrected chi connectivity index (χ0v) is 11.7. The summed E-state index contributed by atoms with van der Waals surface area (Å²) < 4.78 is 0. The number of amides is 1. The Kier molecular flexibility index (Phi) is 7.39. The molecule has 1 aliphatic rings. The molecule has 96 valence electrons. The van der Waals surface area contributed by atoms with E-state index in [0.717, 1.165) is 19.6 Å². The van der Waals surface area contributed by atoms with Crippen LogP contribution in [0.25, 0.3) is 0 Å². The predicted molar refractivity (Wildman–Crippen MR) is 69.4 cm³/mol. The third-order valence-corrected chi connectivity index (χ3v) is 2.83. The van der Waals surface area contributed by atoms with E-state index in [1.807, 2.05) is 32.6 Å². The van der Waals surface area contributed by atoms with Crippen LogP contribution in [-0.4, -0.2) is 36.5 Å². The monoisotopic (exact) mass is 228 g/mol. The maximum absolute atomic E-state index is 11.9. The van der Waals surface area contributed by atoms with Crippen molar-refractivity contribution in [2.45, 2.75) is 47.6 Å². The lowest BCUT2D eigenvalue weighted by Gasteiger charge is -2.39. The van der Waals surface area contributed by atoms with Gasteiger partial charge in [-0.1, -0.05) is 41.5 Å². The van der Waals surface area contributed by atoms with E-state index in [1.54, 1.807) is 0 Å². The quantitative estimate of drug-likeness (QED) is 0.785. The average molecular weight is 228 g/mol. The van der Waals surface area contributed by atoms with Crippen molar-refractivity contribution in [3.63, 3.8) is 0 Å². The minimum atomic E-state index is 0.120. The molecule has 3 nitrogen and oxygen atoms in total. The molecule has 0 aromatic carbocycles. The fourth-order valence-corrected chi connectivity index (χ4v) is 1.93. The van der Waals surface area contributed by atoms with Crippen molar-refractivity contribution in [2.75, 3.05) is 19.6 Å². The van der Waals surface area contributed by atoms with Crippen molar-refractivity contribution in [1.82, 2.24) is 10.2 Å². The minimum absolute atomic E-state index is 0.120. The number of piperazine rings is 1. The summed E-state index contributed by atoms with van der Waals surface area (Å²) in [4.78, 5) is 14.0. The van der Waals surface area contributed by atoms with Crippen molar-refractivity contribution in [3.8, 4) is 0 Å². The molecule has 0 bridgehead atoms. The van der Waals surface area contributed by atoms with Gasteiger partial charge >= 0.3 is 0 Å². The summed E-state index contributed by atoms with van der Waals surface area (Å²) in [6.45, 7) is 15.0. The van der Waals surface area contributed by atoms with Crippen LogP contribution in [0.4, 0.5) is 0 Å². The molecule has 1 amide bonds. The molecule has 0 aromatic rings. The molecule has 0 radical (unpaired) electrons. The van der Waals surface area contributed by atoms with Gasteiger partial charge in [-0.05, 0) is 5.92 Å². The van der Waals surface area contributed by atoms with Gasteiger partial charge < -0.3 is 10.2 Å². The van der Waals surface area contributed by atoms with Gasteiger partial charge in [0.2, 0.25) is 5.91 Å². The Bertz CT molecular complexity index is 202. The van der Waals surface area contributed by atoms with Crippen LogP contribution < -0.4 is 5.32 Å². The molecule has 1 rings (SSSR count). The van der Waals surface area contributed by atoms with Gasteiger partial charge in [0.1, 0.15) is 0 Å². The topological polar surface area (TPSA) is 32.3 Å². The fourth-order valence-electron chi connectivity index (χ4n) is 1.93. The Balaban J connectivity index is 0.00000106. The van der Waals surface area contributed by atoms with E-state index in [2.05, 4.69) is 19.2 Å². The zero-order chi connectivity index (χ0) is 12.7. The summed E-state index contributed by atoms with van der Waals surface area (Å²) >= 11 is 0. The molecule has 3 heteroatoms. The van der Waals surface area contributed by atoms with Crippen LogP contribution in [0, 0.1) is 11.8 Å². The van der Waals surface area contributed by atoms with E-state index in [1.165, 1.54) is 0 Å². The van der Waals surface area contributed by atoms with Crippen LogP contribution in [0.1, 0.15) is 41.5 Å². The van der Waals surface area contributed by atoms with Crippen molar-refractivity contribution >= 4 is 5.91 Å². The summed E-state index contributed by atoms with van der Waals surface area (Å²) in [5, 5.41) is 3.35. The van der Waals surface area contributed by atoms with E-state index in [0.29, 0.717) is 17.9 Å². The molecule has 1 aliphatic heterocycles. The van der Waals surface area contributed by atoms with Gasteiger partial charge in [-0.2, -0.15) is 0 Å². The lowest BCUT2D eigenvalue weighted by atomic mass is 9.99. The molecule has 16 heavy (non-hydrogen) atoms. The highest BCUT2D eigenvalue weighted by Gasteiger charge is 2.29. The molecule has 0 aliphatic carbocycles. The highest BCUT2D eigenvalue weighted by Crippen LogP contribution is 2.15. The van der Waals surface area contributed by atoms with E-state index in [-0.39, 0.29) is 5.92 Å². The summed E-state index contributed by atoms with van der Waals surface area (Å²) in [6.07, 6.45) is 0. The Morgan fingerprint density at radius 2 is 1.81 bits per heavy atom. The second-order valence-corrected chi connectivity index (χ2v) is 4.70. The number of carbonyl (C=O) groups excluding carboxylic acids is 1. The molecule has 0 aromatic heterocycles. The molecular formula is C13H28N2O. The molecule has 0 saturated carbocycles. The highest BCUT2D eigenvalue weighted by molar-refractivity contribution is 5.78. The van der Waals surface area contributed by atoms with Crippen LogP contribution >= 0.6 is 0 Å². The van der Waals surface area contributed by atoms with Crippen LogP contribution in [-0.2, 0) is 4.79 Å². The summed E-state index contributed by atoms with van der Waals surface area (Å²) in [6, 6.07) is 0.374. The Labute approximate surface area is 101 Å². The van der Waals surface area contributed by atoms with E-state index >= 15 is 0 Å². The molecule has 1 saturated heterocycles. The first-order valence-electron chi connectivity index (χ1n) is 6.55. The third-order valence-electron chi connectivity index (χ3n) is 2.83. The van der Waals surface area contributed by atoms with Crippen LogP contribution in [0.5, 0.6) is 0 Å². The zero-order valence-electron chi connectivity index (χ0n) is 11.7. The fraction of sp³-hybridized carbons (Fsp3) is 0.923. The first-order chi connectivity index (χ1) is 7.54. The third kappa shape index (κ3) is 4.12. The Hall–Kier alpha value is -0.570. The number of nitrogens with one attached hydrogen (secondary N) is 1. The number of nitrogens with zero attached hydrogens (tertiary/aromatic N) is 1. The standard InChI is InChI=1S/C11H22N2O.C2H6/c1-8(2)10-7-12-5-6-13(10)11(14)9(3)4;1-2/h8-10,12H,5-7H2,1-4H3;1-2H3. The van der Waals surface area contributed by atoms with Gasteiger partial charge in [-0.15, -0.1) is 0 Å². The second kappa shape index (κ2) is 7.66. The first-order valence-corrected chi connectivity index (χ1v) is 6.55. The van der Waals surface area contributed by atoms with Gasteiger partial charge in [0.05, 0.1) is 0 Å². The number of carbonyl (C=O) groups is 1. The first kappa shape index (κ1) is 15.4. The number of hydrogen-bond donors (Lipinski definition) is 1. The molecule has 1 N–H and O–H groups in total.